The molecular formula is C27H30O15. The predicted molar refractivity (Wildman–Crippen MR) is 138 cm³/mol. The smallest absolute Gasteiger partial charge is 0.229 e. The third-order valence-electron chi connectivity index (χ3n) is 7.15. The summed E-state index contributed by atoms with van der Waals surface area (Å²) in [4.78, 5) is 12.7. The van der Waals surface area contributed by atoms with Gasteiger partial charge >= 0.3 is 0 Å². The fourth-order valence-electron chi connectivity index (χ4n) is 4.87. The van der Waals surface area contributed by atoms with E-state index in [2.05, 4.69) is 0 Å². The summed E-state index contributed by atoms with van der Waals surface area (Å²) in [5.74, 6) is -0.526. The van der Waals surface area contributed by atoms with E-state index in [0.717, 1.165) is 6.07 Å². The van der Waals surface area contributed by atoms with Crippen LogP contribution < -0.4 is 10.2 Å². The number of aliphatic hydroxyl groups excluding tert-OH is 7. The molecule has 0 unspecified atom stereocenters. The van der Waals surface area contributed by atoms with Crippen molar-refractivity contribution >= 4 is 11.0 Å². The van der Waals surface area contributed by atoms with Crippen molar-refractivity contribution in [1.29, 1.82) is 0 Å². The van der Waals surface area contributed by atoms with E-state index in [9.17, 15) is 50.8 Å². The molecule has 2 saturated heterocycles. The van der Waals surface area contributed by atoms with Crippen LogP contribution in [0.4, 0.5) is 0 Å². The zero-order chi connectivity index (χ0) is 30.3. The quantitative estimate of drug-likeness (QED) is 0.142. The van der Waals surface area contributed by atoms with Crippen molar-refractivity contribution in [2.75, 3.05) is 13.2 Å². The molecule has 2 fully saturated rings. The molecule has 3 aromatic rings. The van der Waals surface area contributed by atoms with E-state index in [0.29, 0.717) is 5.56 Å². The number of phenols is 2. The number of ether oxygens (including phenoxy) is 4. The van der Waals surface area contributed by atoms with Gasteiger partial charge in [-0.3, -0.25) is 4.79 Å². The molecule has 2 aromatic carbocycles. The van der Waals surface area contributed by atoms with Crippen molar-refractivity contribution in [2.45, 2.75) is 61.4 Å². The third-order valence-corrected chi connectivity index (χ3v) is 7.15. The zero-order valence-electron chi connectivity index (χ0n) is 21.7. The summed E-state index contributed by atoms with van der Waals surface area (Å²) in [6.07, 6.45) is -16.5. The first-order valence-corrected chi connectivity index (χ1v) is 12.9. The maximum absolute atomic E-state index is 12.7. The highest BCUT2D eigenvalue weighted by Crippen LogP contribution is 2.34. The Labute approximate surface area is 236 Å². The first-order valence-electron chi connectivity index (χ1n) is 12.9. The van der Waals surface area contributed by atoms with Crippen LogP contribution in [0.1, 0.15) is 0 Å². The van der Waals surface area contributed by atoms with E-state index < -0.39 is 85.8 Å². The molecule has 42 heavy (non-hydrogen) atoms. The van der Waals surface area contributed by atoms with Crippen molar-refractivity contribution in [2.24, 2.45) is 0 Å². The number of benzene rings is 2. The van der Waals surface area contributed by atoms with Gasteiger partial charge in [-0.25, -0.2) is 0 Å². The molecule has 1 aromatic heterocycles. The molecule has 5 rings (SSSR count). The molecule has 3 heterocycles. The minimum absolute atomic E-state index is 0.00505. The van der Waals surface area contributed by atoms with Crippen LogP contribution in [-0.4, -0.2) is 121 Å². The third kappa shape index (κ3) is 5.67. The van der Waals surface area contributed by atoms with Crippen molar-refractivity contribution in [3.05, 3.63) is 52.7 Å². The summed E-state index contributed by atoms with van der Waals surface area (Å²) in [5.41, 5.74) is -0.196. The standard InChI is InChI=1S/C27H30O15/c28-8-17-20(33)21(34)23(36)27(40-17)42-25-18(9-29)41-26(24(37)22(25)35)38-12-5-13(31)19-14(32)7-15(39-16(19)6-12)10-1-3-11(30)4-2-10/h1-7,17-18,20-31,33-37H,8-9H2/t17-,18-,20+,21+,22-,23-,24-,25-,26-,27+/m1/s1. The highest BCUT2D eigenvalue weighted by Gasteiger charge is 2.51. The molecule has 0 spiro atoms. The Hall–Kier alpha value is -3.35. The summed E-state index contributed by atoms with van der Waals surface area (Å²) in [5, 5.41) is 91.0. The maximum atomic E-state index is 12.7. The SMILES string of the molecule is O=c1cc(-c2ccc(O)cc2)oc2cc(O[C@@H]3O[C@H](CO)[C@@H](O[C@@H]4O[C@H](CO)[C@H](O)[C@H](O)[C@H]4O)[C@H](O)[C@H]3O)cc(O)c12. The first kappa shape index (κ1) is 30.1. The summed E-state index contributed by atoms with van der Waals surface area (Å²) in [7, 11) is 0. The summed E-state index contributed by atoms with van der Waals surface area (Å²) < 4.78 is 27.8. The largest absolute Gasteiger partial charge is 0.508 e. The predicted octanol–water partition coefficient (Wildman–Crippen LogP) is -2.13. The van der Waals surface area contributed by atoms with Gasteiger partial charge in [0, 0.05) is 23.8 Å². The van der Waals surface area contributed by atoms with Gasteiger partial charge in [0.15, 0.2) is 11.7 Å². The molecule has 0 radical (unpaired) electrons. The van der Waals surface area contributed by atoms with Gasteiger partial charge in [0.2, 0.25) is 6.29 Å². The van der Waals surface area contributed by atoms with E-state index >= 15 is 0 Å². The van der Waals surface area contributed by atoms with Crippen LogP contribution in [0.3, 0.4) is 0 Å². The van der Waals surface area contributed by atoms with Crippen LogP contribution in [-0.2, 0) is 14.2 Å². The lowest BCUT2D eigenvalue weighted by atomic mass is 9.97. The van der Waals surface area contributed by atoms with Gasteiger partial charge in [-0.05, 0) is 24.3 Å². The van der Waals surface area contributed by atoms with Crippen LogP contribution in [0, 0.1) is 0 Å². The van der Waals surface area contributed by atoms with Crippen molar-refractivity contribution in [1.82, 2.24) is 0 Å². The summed E-state index contributed by atoms with van der Waals surface area (Å²) >= 11 is 0. The molecule has 0 bridgehead atoms. The van der Waals surface area contributed by atoms with E-state index in [1.165, 1.54) is 36.4 Å². The Bertz CT molecular complexity index is 1440. The van der Waals surface area contributed by atoms with Gasteiger partial charge in [-0.1, -0.05) is 0 Å². The summed E-state index contributed by atoms with van der Waals surface area (Å²) in [6.45, 7) is -1.51. The van der Waals surface area contributed by atoms with Crippen LogP contribution in [0.5, 0.6) is 17.2 Å². The number of fused-ring (bicyclic) bond motifs is 1. The highest BCUT2D eigenvalue weighted by molar-refractivity contribution is 5.86. The van der Waals surface area contributed by atoms with Crippen molar-refractivity contribution in [3.63, 3.8) is 0 Å². The van der Waals surface area contributed by atoms with Crippen LogP contribution in [0.15, 0.2) is 51.7 Å². The molecular weight excluding hydrogens is 564 g/mol. The molecule has 0 saturated carbocycles. The van der Waals surface area contributed by atoms with Crippen LogP contribution >= 0.6 is 0 Å². The second-order valence-corrected chi connectivity index (χ2v) is 9.96. The first-order chi connectivity index (χ1) is 20.0. The number of phenolic OH excluding ortho intramolecular Hbond substituents is 2. The van der Waals surface area contributed by atoms with E-state index in [-0.39, 0.29) is 28.2 Å². The average molecular weight is 595 g/mol. The van der Waals surface area contributed by atoms with Gasteiger partial charge in [0.1, 0.15) is 82.8 Å². The van der Waals surface area contributed by atoms with Gasteiger partial charge in [-0.2, -0.15) is 0 Å². The van der Waals surface area contributed by atoms with Gasteiger partial charge in [-0.15, -0.1) is 0 Å². The highest BCUT2D eigenvalue weighted by atomic mass is 16.7. The molecule has 2 aliphatic rings. The number of aliphatic hydroxyl groups is 7. The Balaban J connectivity index is 1.37. The molecule has 10 atom stereocenters. The Morgan fingerprint density at radius 2 is 1.38 bits per heavy atom. The van der Waals surface area contributed by atoms with Gasteiger partial charge < -0.3 is 69.3 Å². The van der Waals surface area contributed by atoms with Crippen LogP contribution in [0.2, 0.25) is 0 Å². The minimum atomic E-state index is -1.84. The Kier molecular flexibility index (Phi) is 8.68. The fraction of sp³-hybridized carbons (Fsp3) is 0.444. The molecule has 15 nitrogen and oxygen atoms in total. The van der Waals surface area contributed by atoms with E-state index in [4.69, 9.17) is 23.4 Å². The lowest BCUT2D eigenvalue weighted by Gasteiger charge is -2.45. The minimum Gasteiger partial charge on any atom is -0.508 e. The Morgan fingerprint density at radius 3 is 2.05 bits per heavy atom. The molecule has 2 aliphatic heterocycles. The molecule has 15 heteroatoms. The topological polar surface area (TPSA) is 249 Å². The lowest BCUT2D eigenvalue weighted by Crippen LogP contribution is -2.65. The van der Waals surface area contributed by atoms with Crippen LogP contribution in [0.25, 0.3) is 22.3 Å². The number of hydrogen-bond donors (Lipinski definition) is 9. The summed E-state index contributed by atoms with van der Waals surface area (Å²) in [6, 6.07) is 9.31. The number of rotatable bonds is 7. The number of aromatic hydroxyl groups is 2. The lowest BCUT2D eigenvalue weighted by molar-refractivity contribution is -0.352. The fourth-order valence-corrected chi connectivity index (χ4v) is 4.87. The van der Waals surface area contributed by atoms with Gasteiger partial charge in [0.25, 0.3) is 0 Å². The second kappa shape index (κ2) is 12.1. The van der Waals surface area contributed by atoms with Crippen molar-refractivity contribution < 1.29 is 69.3 Å². The molecule has 0 aliphatic carbocycles. The maximum Gasteiger partial charge on any atom is 0.229 e. The van der Waals surface area contributed by atoms with E-state index in [1.54, 1.807) is 0 Å². The Morgan fingerprint density at radius 1 is 0.738 bits per heavy atom. The van der Waals surface area contributed by atoms with Crippen molar-refractivity contribution in [3.8, 4) is 28.6 Å². The number of hydrogen-bond acceptors (Lipinski definition) is 15. The molecule has 228 valence electrons. The second-order valence-electron chi connectivity index (χ2n) is 9.96. The van der Waals surface area contributed by atoms with E-state index in [1.807, 2.05) is 0 Å². The normalized spacial score (nSPS) is 33.5. The monoisotopic (exact) mass is 594 g/mol. The zero-order valence-corrected chi connectivity index (χ0v) is 21.7. The molecule has 0 amide bonds. The van der Waals surface area contributed by atoms with Gasteiger partial charge in [0.05, 0.1) is 13.2 Å². The molecule has 9 N–H and O–H groups in total. The average Bonchev–Trinajstić information content (AvgIpc) is 2.96.